The molecule has 0 spiro atoms. The van der Waals surface area contributed by atoms with Crippen LogP contribution < -0.4 is 0 Å². The van der Waals surface area contributed by atoms with Gasteiger partial charge in [0.05, 0.1) is 6.61 Å². The molecule has 0 N–H and O–H groups in total. The van der Waals surface area contributed by atoms with Gasteiger partial charge >= 0.3 is 5.97 Å². The van der Waals surface area contributed by atoms with Crippen LogP contribution in [0.1, 0.15) is 35.5 Å². The third-order valence-electron chi connectivity index (χ3n) is 3.95. The lowest BCUT2D eigenvalue weighted by atomic mass is 10.1. The SMILES string of the molecule is CCOC(=O)c1oc2ccc(Sc3ccccc3CC)cc2c1C. The van der Waals surface area contributed by atoms with Crippen LogP contribution >= 0.6 is 11.8 Å². The van der Waals surface area contributed by atoms with E-state index in [1.165, 1.54) is 10.5 Å². The van der Waals surface area contributed by atoms with Crippen molar-refractivity contribution in [1.29, 1.82) is 0 Å². The van der Waals surface area contributed by atoms with Gasteiger partial charge in [0.15, 0.2) is 0 Å². The van der Waals surface area contributed by atoms with Crippen molar-refractivity contribution in [3.8, 4) is 0 Å². The Morgan fingerprint density at radius 2 is 1.96 bits per heavy atom. The standard InChI is InChI=1S/C20H20O3S/c1-4-14-8-6-7-9-18(14)24-15-10-11-17-16(12-15)13(3)19(23-17)20(21)22-5-2/h6-12H,4-5H2,1-3H3. The van der Waals surface area contributed by atoms with Crippen LogP contribution in [-0.2, 0) is 11.2 Å². The van der Waals surface area contributed by atoms with Gasteiger partial charge in [0, 0.05) is 20.7 Å². The minimum Gasteiger partial charge on any atom is -0.460 e. The second kappa shape index (κ2) is 7.14. The summed E-state index contributed by atoms with van der Waals surface area (Å²) in [4.78, 5) is 14.4. The van der Waals surface area contributed by atoms with Crippen molar-refractivity contribution >= 4 is 28.7 Å². The van der Waals surface area contributed by atoms with Gasteiger partial charge in [0.1, 0.15) is 5.58 Å². The van der Waals surface area contributed by atoms with Crippen LogP contribution in [0, 0.1) is 6.92 Å². The predicted molar refractivity (Wildman–Crippen MR) is 96.9 cm³/mol. The molecule has 0 aliphatic heterocycles. The van der Waals surface area contributed by atoms with Crippen LogP contribution in [0.25, 0.3) is 11.0 Å². The second-order valence-electron chi connectivity index (χ2n) is 5.50. The Morgan fingerprint density at radius 3 is 2.71 bits per heavy atom. The lowest BCUT2D eigenvalue weighted by Crippen LogP contribution is -2.04. The van der Waals surface area contributed by atoms with Crippen molar-refractivity contribution in [1.82, 2.24) is 0 Å². The molecule has 3 aromatic rings. The number of hydrogen-bond acceptors (Lipinski definition) is 4. The summed E-state index contributed by atoms with van der Waals surface area (Å²) in [5.41, 5.74) is 2.87. The van der Waals surface area contributed by atoms with Crippen LogP contribution in [0.5, 0.6) is 0 Å². The first-order chi connectivity index (χ1) is 11.6. The molecule has 0 aliphatic carbocycles. The molecule has 0 saturated heterocycles. The number of carbonyl (C=O) groups excluding carboxylic acids is 1. The van der Waals surface area contributed by atoms with Gasteiger partial charge in [0.2, 0.25) is 5.76 Å². The minimum absolute atomic E-state index is 0.294. The number of carbonyl (C=O) groups is 1. The summed E-state index contributed by atoms with van der Waals surface area (Å²) >= 11 is 1.73. The Kier molecular flexibility index (Phi) is 4.95. The highest BCUT2D eigenvalue weighted by Crippen LogP contribution is 2.35. The smallest absolute Gasteiger partial charge is 0.374 e. The summed E-state index contributed by atoms with van der Waals surface area (Å²) in [7, 11) is 0. The zero-order chi connectivity index (χ0) is 17.1. The summed E-state index contributed by atoms with van der Waals surface area (Å²) in [6.07, 6.45) is 1.00. The Balaban J connectivity index is 1.96. The van der Waals surface area contributed by atoms with Gasteiger partial charge < -0.3 is 9.15 Å². The number of hydrogen-bond donors (Lipinski definition) is 0. The largest absolute Gasteiger partial charge is 0.460 e. The van der Waals surface area contributed by atoms with Crippen LogP contribution in [0.3, 0.4) is 0 Å². The lowest BCUT2D eigenvalue weighted by Gasteiger charge is -2.07. The minimum atomic E-state index is -0.406. The molecule has 0 atom stereocenters. The van der Waals surface area contributed by atoms with Crippen molar-refractivity contribution < 1.29 is 13.9 Å². The maximum absolute atomic E-state index is 12.0. The van der Waals surface area contributed by atoms with Crippen LogP contribution in [-0.4, -0.2) is 12.6 Å². The molecule has 0 saturated carbocycles. The van der Waals surface area contributed by atoms with Crippen LogP contribution in [0.15, 0.2) is 56.7 Å². The summed E-state index contributed by atoms with van der Waals surface area (Å²) in [5, 5.41) is 0.956. The van der Waals surface area contributed by atoms with Gasteiger partial charge in [-0.3, -0.25) is 0 Å². The number of fused-ring (bicyclic) bond motifs is 1. The van der Waals surface area contributed by atoms with E-state index >= 15 is 0 Å². The quantitative estimate of drug-likeness (QED) is 0.564. The Labute approximate surface area is 146 Å². The third kappa shape index (κ3) is 3.20. The Morgan fingerprint density at radius 1 is 1.17 bits per heavy atom. The molecule has 4 heteroatoms. The highest BCUT2D eigenvalue weighted by Gasteiger charge is 2.19. The fourth-order valence-corrected chi connectivity index (χ4v) is 3.73. The van der Waals surface area contributed by atoms with Crippen molar-refractivity contribution in [2.75, 3.05) is 6.61 Å². The van der Waals surface area contributed by atoms with E-state index in [4.69, 9.17) is 9.15 Å². The number of furan rings is 1. The molecule has 0 unspecified atom stereocenters. The molecule has 2 aromatic carbocycles. The number of benzene rings is 2. The molecule has 1 heterocycles. The number of rotatable bonds is 5. The molecule has 3 rings (SSSR count). The Hall–Kier alpha value is -2.20. The third-order valence-corrected chi connectivity index (χ3v) is 5.06. The van der Waals surface area contributed by atoms with Gasteiger partial charge in [-0.1, -0.05) is 36.9 Å². The Bertz CT molecular complexity index is 880. The summed E-state index contributed by atoms with van der Waals surface area (Å²) in [6, 6.07) is 14.4. The molecule has 0 aliphatic rings. The van der Waals surface area contributed by atoms with E-state index in [0.717, 1.165) is 22.3 Å². The average Bonchev–Trinajstić information content (AvgIpc) is 2.92. The molecule has 24 heavy (non-hydrogen) atoms. The van der Waals surface area contributed by atoms with Gasteiger partial charge in [-0.05, 0) is 50.1 Å². The van der Waals surface area contributed by atoms with Gasteiger partial charge in [0.25, 0.3) is 0 Å². The van der Waals surface area contributed by atoms with Crippen molar-refractivity contribution in [2.24, 2.45) is 0 Å². The van der Waals surface area contributed by atoms with Gasteiger partial charge in [-0.2, -0.15) is 0 Å². The first-order valence-corrected chi connectivity index (χ1v) is 8.91. The number of aryl methyl sites for hydroxylation is 2. The molecule has 0 fully saturated rings. The first-order valence-electron chi connectivity index (χ1n) is 8.10. The zero-order valence-electron chi connectivity index (χ0n) is 14.1. The summed E-state index contributed by atoms with van der Waals surface area (Å²) in [5.74, 6) is -0.111. The topological polar surface area (TPSA) is 39.4 Å². The van der Waals surface area contributed by atoms with E-state index in [2.05, 4.69) is 37.3 Å². The van der Waals surface area contributed by atoms with Crippen molar-refractivity contribution in [3.05, 3.63) is 59.4 Å². The van der Waals surface area contributed by atoms with Crippen LogP contribution in [0.2, 0.25) is 0 Å². The molecule has 1 aromatic heterocycles. The van der Waals surface area contributed by atoms with E-state index in [1.807, 2.05) is 19.1 Å². The molecule has 3 nitrogen and oxygen atoms in total. The molecule has 0 amide bonds. The highest BCUT2D eigenvalue weighted by atomic mass is 32.2. The van der Waals surface area contributed by atoms with Crippen molar-refractivity contribution in [3.63, 3.8) is 0 Å². The molecular formula is C20H20O3S. The van der Waals surface area contributed by atoms with E-state index in [1.54, 1.807) is 18.7 Å². The predicted octanol–water partition coefficient (Wildman–Crippen LogP) is 5.63. The number of ether oxygens (including phenoxy) is 1. The van der Waals surface area contributed by atoms with E-state index < -0.39 is 5.97 Å². The monoisotopic (exact) mass is 340 g/mol. The number of esters is 1. The van der Waals surface area contributed by atoms with E-state index in [0.29, 0.717) is 18.0 Å². The zero-order valence-corrected chi connectivity index (χ0v) is 14.9. The van der Waals surface area contributed by atoms with E-state index in [-0.39, 0.29) is 0 Å². The normalized spacial score (nSPS) is 11.0. The average molecular weight is 340 g/mol. The molecule has 0 radical (unpaired) electrons. The highest BCUT2D eigenvalue weighted by molar-refractivity contribution is 7.99. The summed E-state index contributed by atoms with van der Waals surface area (Å²) in [6.45, 7) is 6.18. The summed E-state index contributed by atoms with van der Waals surface area (Å²) < 4.78 is 10.7. The maximum Gasteiger partial charge on any atom is 0.374 e. The van der Waals surface area contributed by atoms with Gasteiger partial charge in [-0.15, -0.1) is 0 Å². The molecule has 0 bridgehead atoms. The second-order valence-corrected chi connectivity index (χ2v) is 6.61. The van der Waals surface area contributed by atoms with Gasteiger partial charge in [-0.25, -0.2) is 4.79 Å². The first kappa shape index (κ1) is 16.7. The maximum atomic E-state index is 12.0. The fourth-order valence-electron chi connectivity index (χ4n) is 2.68. The van der Waals surface area contributed by atoms with Crippen LogP contribution in [0.4, 0.5) is 0 Å². The van der Waals surface area contributed by atoms with Crippen molar-refractivity contribution in [2.45, 2.75) is 37.0 Å². The molecular weight excluding hydrogens is 320 g/mol. The lowest BCUT2D eigenvalue weighted by molar-refractivity contribution is 0.0491. The molecule has 124 valence electrons. The fraction of sp³-hybridized carbons (Fsp3) is 0.250. The van der Waals surface area contributed by atoms with E-state index in [9.17, 15) is 4.79 Å².